The van der Waals surface area contributed by atoms with Gasteiger partial charge >= 0.3 is 0 Å². The van der Waals surface area contributed by atoms with Crippen LogP contribution in [0.3, 0.4) is 0 Å². The van der Waals surface area contributed by atoms with Crippen LogP contribution in [0.4, 0.5) is 0 Å². The minimum absolute atomic E-state index is 0.0505. The fourth-order valence-electron chi connectivity index (χ4n) is 4.09. The van der Waals surface area contributed by atoms with Gasteiger partial charge in [-0.1, -0.05) is 46.3 Å². The van der Waals surface area contributed by atoms with Crippen LogP contribution in [0.25, 0.3) is 0 Å². The highest BCUT2D eigenvalue weighted by Gasteiger charge is 2.27. The Morgan fingerprint density at radius 1 is 1.10 bits per heavy atom. The summed E-state index contributed by atoms with van der Waals surface area (Å²) in [5, 5.41) is 5.99. The molecule has 1 aliphatic heterocycles. The van der Waals surface area contributed by atoms with E-state index in [0.29, 0.717) is 6.54 Å². The summed E-state index contributed by atoms with van der Waals surface area (Å²) in [6.07, 6.45) is 2.50. The number of para-hydroxylation sites is 1. The number of nitrogens with zero attached hydrogens (tertiary/aromatic N) is 1. The second-order valence-corrected chi connectivity index (χ2v) is 8.73. The lowest BCUT2D eigenvalue weighted by molar-refractivity contribution is -0.123. The molecule has 0 saturated carbocycles. The first-order chi connectivity index (χ1) is 15.0. The van der Waals surface area contributed by atoms with Crippen molar-refractivity contribution >= 4 is 27.7 Å². The van der Waals surface area contributed by atoms with Crippen molar-refractivity contribution in [3.05, 3.63) is 64.1 Å². The summed E-state index contributed by atoms with van der Waals surface area (Å²) in [4.78, 5) is 27.0. The maximum atomic E-state index is 12.9. The van der Waals surface area contributed by atoms with Crippen LogP contribution in [0.1, 0.15) is 49.4 Å². The Balaban J connectivity index is 1.70. The monoisotopic (exact) mass is 487 g/mol. The predicted molar refractivity (Wildman–Crippen MR) is 125 cm³/mol. The van der Waals surface area contributed by atoms with Crippen molar-refractivity contribution in [1.29, 1.82) is 0 Å². The zero-order chi connectivity index (χ0) is 22.2. The highest BCUT2D eigenvalue weighted by Crippen LogP contribution is 2.31. The molecule has 7 heteroatoms. The van der Waals surface area contributed by atoms with E-state index in [0.717, 1.165) is 47.3 Å². The number of carbonyl (C=O) groups is 2. The molecule has 1 heterocycles. The Morgan fingerprint density at radius 3 is 2.42 bits per heavy atom. The molecule has 2 atom stereocenters. The topological polar surface area (TPSA) is 70.7 Å². The molecule has 0 aromatic heterocycles. The molecule has 0 bridgehead atoms. The van der Waals surface area contributed by atoms with E-state index in [1.807, 2.05) is 42.5 Å². The standard InChI is InChI=1S/C24H30BrN3O3/c1-17(29)27-21(18-9-11-19(25)12-10-18)15-24(30)26-16-22(28-13-5-6-14-28)20-7-3-4-8-23(20)31-2/h3-4,7-12,21-22H,5-6,13-16H2,1-2H3,(H,26,30)(H,27,29). The van der Waals surface area contributed by atoms with Crippen molar-refractivity contribution in [3.63, 3.8) is 0 Å². The molecule has 1 fully saturated rings. The quantitative estimate of drug-likeness (QED) is 0.561. The Bertz CT molecular complexity index is 882. The average Bonchev–Trinajstić information content (AvgIpc) is 3.28. The number of methoxy groups -OCH3 is 1. The number of benzene rings is 2. The van der Waals surface area contributed by atoms with Crippen molar-refractivity contribution in [2.45, 2.75) is 38.3 Å². The van der Waals surface area contributed by atoms with E-state index in [9.17, 15) is 9.59 Å². The number of rotatable bonds is 9. The number of hydrogen-bond acceptors (Lipinski definition) is 4. The third kappa shape index (κ3) is 6.55. The van der Waals surface area contributed by atoms with Crippen LogP contribution >= 0.6 is 15.9 Å². The Labute approximate surface area is 192 Å². The molecule has 31 heavy (non-hydrogen) atoms. The third-order valence-corrected chi connectivity index (χ3v) is 6.14. The van der Waals surface area contributed by atoms with Gasteiger partial charge in [0.1, 0.15) is 5.75 Å². The minimum Gasteiger partial charge on any atom is -0.496 e. The largest absolute Gasteiger partial charge is 0.496 e. The van der Waals surface area contributed by atoms with Crippen LogP contribution in [0, 0.1) is 0 Å². The fraction of sp³-hybridized carbons (Fsp3) is 0.417. The molecule has 1 aliphatic rings. The van der Waals surface area contributed by atoms with E-state index in [1.54, 1.807) is 7.11 Å². The van der Waals surface area contributed by atoms with Crippen molar-refractivity contribution in [1.82, 2.24) is 15.5 Å². The van der Waals surface area contributed by atoms with E-state index >= 15 is 0 Å². The normalized spacial score (nSPS) is 15.8. The molecule has 2 unspecified atom stereocenters. The van der Waals surface area contributed by atoms with E-state index in [1.165, 1.54) is 6.92 Å². The van der Waals surface area contributed by atoms with Crippen LogP contribution in [0.15, 0.2) is 53.0 Å². The maximum Gasteiger partial charge on any atom is 0.222 e. The van der Waals surface area contributed by atoms with Gasteiger partial charge in [0.15, 0.2) is 0 Å². The smallest absolute Gasteiger partial charge is 0.222 e. The molecule has 0 aliphatic carbocycles. The molecule has 166 valence electrons. The number of ether oxygens (including phenoxy) is 1. The summed E-state index contributed by atoms with van der Waals surface area (Å²) in [6.45, 7) is 3.97. The van der Waals surface area contributed by atoms with Gasteiger partial charge in [-0.3, -0.25) is 14.5 Å². The molecule has 2 amide bonds. The second kappa shape index (κ2) is 11.3. The molecule has 2 aromatic carbocycles. The Kier molecular flexibility index (Phi) is 8.49. The van der Waals surface area contributed by atoms with E-state index < -0.39 is 0 Å². The zero-order valence-corrected chi connectivity index (χ0v) is 19.7. The number of carbonyl (C=O) groups excluding carboxylic acids is 2. The highest BCUT2D eigenvalue weighted by atomic mass is 79.9. The van der Waals surface area contributed by atoms with Crippen molar-refractivity contribution < 1.29 is 14.3 Å². The van der Waals surface area contributed by atoms with Gasteiger partial charge < -0.3 is 15.4 Å². The molecular weight excluding hydrogens is 458 g/mol. The van der Waals surface area contributed by atoms with Gasteiger partial charge in [0.2, 0.25) is 11.8 Å². The first kappa shape index (κ1) is 23.3. The summed E-state index contributed by atoms with van der Waals surface area (Å²) in [7, 11) is 1.68. The summed E-state index contributed by atoms with van der Waals surface area (Å²) >= 11 is 3.42. The van der Waals surface area contributed by atoms with Crippen LogP contribution in [0.5, 0.6) is 5.75 Å². The van der Waals surface area contributed by atoms with E-state index in [4.69, 9.17) is 4.74 Å². The molecule has 1 saturated heterocycles. The number of nitrogens with one attached hydrogen (secondary N) is 2. The van der Waals surface area contributed by atoms with Gasteiger partial charge in [-0.25, -0.2) is 0 Å². The van der Waals surface area contributed by atoms with Crippen LogP contribution < -0.4 is 15.4 Å². The van der Waals surface area contributed by atoms with Gasteiger partial charge in [-0.05, 0) is 49.7 Å². The van der Waals surface area contributed by atoms with Gasteiger partial charge in [-0.15, -0.1) is 0 Å². The summed E-state index contributed by atoms with van der Waals surface area (Å²) < 4.78 is 6.53. The predicted octanol–water partition coefficient (Wildman–Crippen LogP) is 3.98. The first-order valence-electron chi connectivity index (χ1n) is 10.6. The number of hydrogen-bond donors (Lipinski definition) is 2. The lowest BCUT2D eigenvalue weighted by atomic mass is 10.0. The van der Waals surface area contributed by atoms with Gasteiger partial charge in [0, 0.05) is 23.5 Å². The SMILES string of the molecule is COc1ccccc1C(CNC(=O)CC(NC(C)=O)c1ccc(Br)cc1)N1CCCC1. The van der Waals surface area contributed by atoms with Crippen molar-refractivity contribution in [2.75, 3.05) is 26.7 Å². The van der Waals surface area contributed by atoms with Crippen molar-refractivity contribution in [2.24, 2.45) is 0 Å². The van der Waals surface area contributed by atoms with Crippen LogP contribution in [-0.2, 0) is 9.59 Å². The van der Waals surface area contributed by atoms with E-state index in [-0.39, 0.29) is 30.3 Å². The lowest BCUT2D eigenvalue weighted by Gasteiger charge is -2.29. The van der Waals surface area contributed by atoms with E-state index in [2.05, 4.69) is 37.5 Å². The summed E-state index contributed by atoms with van der Waals surface area (Å²) in [5.41, 5.74) is 1.98. The first-order valence-corrected chi connectivity index (χ1v) is 11.4. The van der Waals surface area contributed by atoms with Crippen LogP contribution in [-0.4, -0.2) is 43.5 Å². The molecule has 6 nitrogen and oxygen atoms in total. The Hall–Kier alpha value is -2.38. The molecule has 2 aromatic rings. The van der Waals surface area contributed by atoms with Gasteiger partial charge in [-0.2, -0.15) is 0 Å². The molecule has 0 spiro atoms. The Morgan fingerprint density at radius 2 is 1.77 bits per heavy atom. The molecule has 3 rings (SSSR count). The fourth-order valence-corrected chi connectivity index (χ4v) is 4.36. The second-order valence-electron chi connectivity index (χ2n) is 7.81. The van der Waals surface area contributed by atoms with Crippen molar-refractivity contribution in [3.8, 4) is 5.75 Å². The van der Waals surface area contributed by atoms with Gasteiger partial charge in [0.05, 0.1) is 25.6 Å². The van der Waals surface area contributed by atoms with Crippen LogP contribution in [0.2, 0.25) is 0 Å². The minimum atomic E-state index is -0.373. The highest BCUT2D eigenvalue weighted by molar-refractivity contribution is 9.10. The third-order valence-electron chi connectivity index (χ3n) is 5.61. The summed E-state index contributed by atoms with van der Waals surface area (Å²) in [6, 6.07) is 15.3. The maximum absolute atomic E-state index is 12.9. The number of amides is 2. The van der Waals surface area contributed by atoms with Gasteiger partial charge in [0.25, 0.3) is 0 Å². The molecular formula is C24H30BrN3O3. The zero-order valence-electron chi connectivity index (χ0n) is 18.1. The average molecular weight is 488 g/mol. The number of likely N-dealkylation sites (tertiary alicyclic amines) is 1. The molecule has 0 radical (unpaired) electrons. The number of halogens is 1. The molecule has 2 N–H and O–H groups in total. The lowest BCUT2D eigenvalue weighted by Crippen LogP contribution is -2.38. The summed E-state index contributed by atoms with van der Waals surface area (Å²) in [5.74, 6) is 0.574.